The number of esters is 1. The molecule has 0 spiro atoms. The van der Waals surface area contributed by atoms with Crippen LogP contribution in [-0.4, -0.2) is 23.7 Å². The molecule has 3 aromatic rings. The van der Waals surface area contributed by atoms with Gasteiger partial charge in [-0.15, -0.1) is 0 Å². The van der Waals surface area contributed by atoms with E-state index in [1.165, 1.54) is 4.90 Å². The van der Waals surface area contributed by atoms with Crippen molar-refractivity contribution >= 4 is 40.6 Å². The molecule has 0 unspecified atom stereocenters. The molecule has 1 aliphatic heterocycles. The van der Waals surface area contributed by atoms with Crippen molar-refractivity contribution in [1.82, 2.24) is 0 Å². The molecule has 7 heteroatoms. The molecule has 6 nitrogen and oxygen atoms in total. The molecule has 1 amide bonds. The van der Waals surface area contributed by atoms with Gasteiger partial charge in [-0.3, -0.25) is 15.1 Å². The number of benzene rings is 3. The summed E-state index contributed by atoms with van der Waals surface area (Å²) in [5, 5.41) is 8.39. The number of nitrogens with zero attached hydrogens (tertiary/aromatic N) is 1. The maximum Gasteiger partial charge on any atom is 0.338 e. The monoisotopic (exact) mass is 458 g/mol. The Balaban J connectivity index is 1.48. The van der Waals surface area contributed by atoms with E-state index in [2.05, 4.69) is 0 Å². The lowest BCUT2D eigenvalue weighted by molar-refractivity contribution is -0.113. The van der Waals surface area contributed by atoms with Gasteiger partial charge in [0.15, 0.2) is 5.17 Å². The van der Waals surface area contributed by atoms with Crippen LogP contribution in [0.15, 0.2) is 83.8 Å². The second-order valence-corrected chi connectivity index (χ2v) is 8.20. The van der Waals surface area contributed by atoms with Crippen molar-refractivity contribution in [1.29, 1.82) is 5.41 Å². The lowest BCUT2D eigenvalue weighted by Crippen LogP contribution is -2.28. The van der Waals surface area contributed by atoms with Crippen LogP contribution in [0.5, 0.6) is 5.75 Å². The highest BCUT2D eigenvalue weighted by Gasteiger charge is 2.33. The summed E-state index contributed by atoms with van der Waals surface area (Å²) in [5.41, 5.74) is 2.80. The summed E-state index contributed by atoms with van der Waals surface area (Å²) in [4.78, 5) is 26.6. The molecule has 3 aromatic carbocycles. The van der Waals surface area contributed by atoms with Crippen molar-refractivity contribution in [3.63, 3.8) is 0 Å². The number of ether oxygens (including phenoxy) is 2. The smallest absolute Gasteiger partial charge is 0.338 e. The molecule has 1 fully saturated rings. The van der Waals surface area contributed by atoms with Crippen molar-refractivity contribution in [2.75, 3.05) is 11.5 Å². The van der Waals surface area contributed by atoms with E-state index in [-0.39, 0.29) is 11.1 Å². The molecular formula is C26H22N2O4S. The fourth-order valence-electron chi connectivity index (χ4n) is 3.27. The van der Waals surface area contributed by atoms with Crippen LogP contribution < -0.4 is 9.64 Å². The van der Waals surface area contributed by atoms with Crippen LogP contribution in [0, 0.1) is 5.41 Å². The summed E-state index contributed by atoms with van der Waals surface area (Å²) in [6, 6.07) is 23.8. The zero-order chi connectivity index (χ0) is 23.2. The minimum absolute atomic E-state index is 0.103. The van der Waals surface area contributed by atoms with Gasteiger partial charge in [0.1, 0.15) is 12.4 Å². The third-order valence-corrected chi connectivity index (χ3v) is 5.75. The molecule has 0 radical (unpaired) electrons. The van der Waals surface area contributed by atoms with Crippen molar-refractivity contribution in [2.24, 2.45) is 0 Å². The molecule has 1 aliphatic rings. The van der Waals surface area contributed by atoms with Crippen LogP contribution in [0.4, 0.5) is 5.69 Å². The van der Waals surface area contributed by atoms with E-state index in [9.17, 15) is 9.59 Å². The third-order valence-electron chi connectivity index (χ3n) is 4.86. The zero-order valence-corrected chi connectivity index (χ0v) is 18.8. The van der Waals surface area contributed by atoms with Gasteiger partial charge in [0, 0.05) is 0 Å². The number of carbonyl (C=O) groups excluding carboxylic acids is 2. The molecule has 0 atom stereocenters. The second-order valence-electron chi connectivity index (χ2n) is 7.17. The molecule has 0 saturated carbocycles. The van der Waals surface area contributed by atoms with Crippen molar-refractivity contribution in [3.8, 4) is 5.75 Å². The normalized spacial score (nSPS) is 14.6. The number of amides is 1. The Hall–Kier alpha value is -3.84. The van der Waals surface area contributed by atoms with E-state index in [0.29, 0.717) is 35.1 Å². The van der Waals surface area contributed by atoms with Gasteiger partial charge in [0.2, 0.25) is 0 Å². The fraction of sp³-hybridized carbons (Fsp3) is 0.115. The van der Waals surface area contributed by atoms with Gasteiger partial charge in [-0.25, -0.2) is 4.79 Å². The lowest BCUT2D eigenvalue weighted by atomic mass is 10.1. The maximum atomic E-state index is 13.0. The van der Waals surface area contributed by atoms with E-state index >= 15 is 0 Å². The number of carbonyl (C=O) groups is 2. The Morgan fingerprint density at radius 1 is 1.03 bits per heavy atom. The van der Waals surface area contributed by atoms with Gasteiger partial charge in [-0.05, 0) is 72.3 Å². The standard InChI is InChI=1S/C26H22N2O4S/c1-2-31-25(30)20-11-13-21(14-12-20)28-24(29)23(33-26(28)27)16-19-9-6-10-22(15-19)32-17-18-7-4-3-5-8-18/h3-16,27H,2,17H2,1H3/b23-16-,27-26?. The predicted octanol–water partition coefficient (Wildman–Crippen LogP) is 5.50. The van der Waals surface area contributed by atoms with Gasteiger partial charge in [-0.1, -0.05) is 42.5 Å². The molecule has 166 valence electrons. The first-order valence-electron chi connectivity index (χ1n) is 10.4. The Morgan fingerprint density at radius 2 is 1.79 bits per heavy atom. The second kappa shape index (κ2) is 10.2. The number of thioether (sulfide) groups is 1. The Morgan fingerprint density at radius 3 is 2.52 bits per heavy atom. The van der Waals surface area contributed by atoms with Crippen LogP contribution in [0.25, 0.3) is 6.08 Å². The molecule has 0 aromatic heterocycles. The van der Waals surface area contributed by atoms with E-state index in [0.717, 1.165) is 22.9 Å². The average molecular weight is 459 g/mol. The van der Waals surface area contributed by atoms with E-state index in [4.69, 9.17) is 14.9 Å². The van der Waals surface area contributed by atoms with Crippen LogP contribution in [0.2, 0.25) is 0 Å². The third kappa shape index (κ3) is 5.32. The van der Waals surface area contributed by atoms with Crippen LogP contribution in [-0.2, 0) is 16.1 Å². The summed E-state index contributed by atoms with van der Waals surface area (Å²) >= 11 is 1.09. The van der Waals surface area contributed by atoms with Gasteiger partial charge in [-0.2, -0.15) is 0 Å². The molecule has 33 heavy (non-hydrogen) atoms. The predicted molar refractivity (Wildman–Crippen MR) is 130 cm³/mol. The summed E-state index contributed by atoms with van der Waals surface area (Å²) in [5.74, 6) is -0.00849. The quantitative estimate of drug-likeness (QED) is 0.374. The van der Waals surface area contributed by atoms with Gasteiger partial charge in [0.25, 0.3) is 5.91 Å². The van der Waals surface area contributed by atoms with Crippen molar-refractivity contribution in [3.05, 3.63) is 100 Å². The lowest BCUT2D eigenvalue weighted by Gasteiger charge is -2.14. The number of amidine groups is 1. The van der Waals surface area contributed by atoms with E-state index in [1.54, 1.807) is 37.3 Å². The highest BCUT2D eigenvalue weighted by molar-refractivity contribution is 8.19. The zero-order valence-electron chi connectivity index (χ0n) is 18.0. The summed E-state index contributed by atoms with van der Waals surface area (Å²) in [7, 11) is 0. The molecule has 1 saturated heterocycles. The number of rotatable bonds is 7. The van der Waals surface area contributed by atoms with Crippen LogP contribution in [0.3, 0.4) is 0 Å². The summed E-state index contributed by atoms with van der Waals surface area (Å²) in [6.45, 7) is 2.49. The summed E-state index contributed by atoms with van der Waals surface area (Å²) < 4.78 is 10.9. The number of hydrogen-bond donors (Lipinski definition) is 1. The van der Waals surface area contributed by atoms with Crippen molar-refractivity contribution < 1.29 is 19.1 Å². The fourth-order valence-corrected chi connectivity index (χ4v) is 4.13. The highest BCUT2D eigenvalue weighted by atomic mass is 32.2. The molecule has 1 N–H and O–H groups in total. The van der Waals surface area contributed by atoms with E-state index in [1.807, 2.05) is 54.6 Å². The minimum atomic E-state index is -0.420. The SMILES string of the molecule is CCOC(=O)c1ccc(N2C(=N)S/C(=C\c3cccc(OCc4ccccc4)c3)C2=O)cc1. The molecule has 0 aliphatic carbocycles. The maximum absolute atomic E-state index is 13.0. The average Bonchev–Trinajstić information content (AvgIpc) is 3.11. The van der Waals surface area contributed by atoms with E-state index < -0.39 is 5.97 Å². The molecular weight excluding hydrogens is 436 g/mol. The largest absolute Gasteiger partial charge is 0.489 e. The topological polar surface area (TPSA) is 79.7 Å². The molecule has 1 heterocycles. The number of hydrogen-bond acceptors (Lipinski definition) is 6. The first-order chi connectivity index (χ1) is 16.0. The van der Waals surface area contributed by atoms with Gasteiger partial charge < -0.3 is 9.47 Å². The molecule has 4 rings (SSSR count). The highest BCUT2D eigenvalue weighted by Crippen LogP contribution is 2.35. The Kier molecular flexibility index (Phi) is 6.90. The minimum Gasteiger partial charge on any atom is -0.489 e. The van der Waals surface area contributed by atoms with Gasteiger partial charge in [0.05, 0.1) is 22.8 Å². The number of nitrogens with one attached hydrogen (secondary N) is 1. The first-order valence-corrected chi connectivity index (χ1v) is 11.2. The Bertz CT molecular complexity index is 1210. The Labute approximate surface area is 196 Å². The van der Waals surface area contributed by atoms with Crippen LogP contribution >= 0.6 is 11.8 Å². The summed E-state index contributed by atoms with van der Waals surface area (Å²) in [6.07, 6.45) is 1.75. The van der Waals surface area contributed by atoms with Crippen LogP contribution in [0.1, 0.15) is 28.4 Å². The number of anilines is 1. The molecule has 0 bridgehead atoms. The first kappa shape index (κ1) is 22.4. The van der Waals surface area contributed by atoms with Gasteiger partial charge >= 0.3 is 5.97 Å². The van der Waals surface area contributed by atoms with Crippen molar-refractivity contribution in [2.45, 2.75) is 13.5 Å².